The number of nitrogens with one attached hydrogen (secondary N) is 2. The molecule has 52 heavy (non-hydrogen) atoms. The first-order valence-corrected chi connectivity index (χ1v) is 18.3. The van der Waals surface area contributed by atoms with Crippen LogP contribution in [0.15, 0.2) is 127 Å². The Morgan fingerprint density at radius 1 is 0.769 bits per heavy atom. The number of hydrogen-bond donors (Lipinski definition) is 3. The summed E-state index contributed by atoms with van der Waals surface area (Å²) in [6.07, 6.45) is 3.12. The molecule has 0 radical (unpaired) electrons. The number of anilines is 1. The zero-order valence-corrected chi connectivity index (χ0v) is 29.6. The Kier molecular flexibility index (Phi) is 11.6. The van der Waals surface area contributed by atoms with Gasteiger partial charge in [0.05, 0.1) is 18.8 Å². The van der Waals surface area contributed by atoms with E-state index in [1.165, 1.54) is 19.3 Å². The van der Waals surface area contributed by atoms with Crippen molar-refractivity contribution in [3.8, 4) is 22.6 Å². The average molecular weight is 698 g/mol. The Bertz CT molecular complexity index is 1880. The summed E-state index contributed by atoms with van der Waals surface area (Å²) in [5.41, 5.74) is 6.71. The molecule has 8 heteroatoms. The van der Waals surface area contributed by atoms with Crippen molar-refractivity contribution in [2.24, 2.45) is 5.92 Å². The Morgan fingerprint density at radius 2 is 1.44 bits per heavy atom. The molecule has 5 aromatic rings. The summed E-state index contributed by atoms with van der Waals surface area (Å²) >= 11 is 0. The fourth-order valence-electron chi connectivity index (χ4n) is 7.08. The van der Waals surface area contributed by atoms with Crippen molar-refractivity contribution in [3.63, 3.8) is 0 Å². The quantitative estimate of drug-likeness (QED) is 0.128. The van der Waals surface area contributed by atoms with Crippen LogP contribution in [-0.4, -0.2) is 41.8 Å². The lowest BCUT2D eigenvalue weighted by Gasteiger charge is -2.43. The largest absolute Gasteiger partial charge is 0.457 e. The second kappa shape index (κ2) is 17.0. The first-order chi connectivity index (χ1) is 25.5. The lowest BCUT2D eigenvalue weighted by molar-refractivity contribution is -0.276. The van der Waals surface area contributed by atoms with Crippen molar-refractivity contribution < 1.29 is 24.1 Å². The average Bonchev–Trinajstić information content (AvgIpc) is 3.20. The predicted molar refractivity (Wildman–Crippen MR) is 204 cm³/mol. The number of carbonyl (C=O) groups excluding carboxylic acids is 1. The number of ether oxygens (including phenoxy) is 3. The van der Waals surface area contributed by atoms with Gasteiger partial charge in [-0.15, -0.1) is 0 Å². The van der Waals surface area contributed by atoms with Crippen molar-refractivity contribution in [3.05, 3.63) is 150 Å². The fraction of sp³-hybridized carbons (Fsp3) is 0.295. The van der Waals surface area contributed by atoms with E-state index in [9.17, 15) is 9.90 Å². The number of aliphatic hydroxyl groups excluding tert-OH is 1. The van der Waals surface area contributed by atoms with E-state index in [0.29, 0.717) is 18.0 Å². The minimum atomic E-state index is -0.512. The number of rotatable bonds is 11. The van der Waals surface area contributed by atoms with Crippen LogP contribution in [0, 0.1) is 5.92 Å². The number of para-hydroxylation sites is 1. The number of amides is 2. The summed E-state index contributed by atoms with van der Waals surface area (Å²) in [6, 6.07) is 41.1. The summed E-state index contributed by atoms with van der Waals surface area (Å²) < 4.78 is 19.3. The lowest BCUT2D eigenvalue weighted by atomic mass is 9.89. The summed E-state index contributed by atoms with van der Waals surface area (Å²) in [4.78, 5) is 15.4. The van der Waals surface area contributed by atoms with Gasteiger partial charge in [-0.05, 0) is 90.1 Å². The van der Waals surface area contributed by atoms with E-state index in [4.69, 9.17) is 14.2 Å². The summed E-state index contributed by atoms with van der Waals surface area (Å²) in [5, 5.41) is 15.5. The highest BCUT2D eigenvalue weighted by atomic mass is 16.7. The molecule has 2 aliphatic heterocycles. The minimum absolute atomic E-state index is 0.0116. The zero-order chi connectivity index (χ0) is 35.7. The van der Waals surface area contributed by atoms with E-state index in [-0.39, 0.29) is 30.8 Å². The molecule has 0 aliphatic carbocycles. The monoisotopic (exact) mass is 697 g/mol. The molecular weight excluding hydrogens is 651 g/mol. The van der Waals surface area contributed by atoms with E-state index >= 15 is 0 Å². The molecule has 0 spiro atoms. The smallest absolute Gasteiger partial charge is 0.319 e. The molecule has 0 saturated carbocycles. The number of likely N-dealkylation sites (tertiary alicyclic amines) is 1. The second-order valence-electron chi connectivity index (χ2n) is 13.7. The zero-order valence-electron chi connectivity index (χ0n) is 29.6. The molecule has 5 aromatic carbocycles. The van der Waals surface area contributed by atoms with Crippen LogP contribution in [0.25, 0.3) is 11.1 Å². The second-order valence-corrected chi connectivity index (χ2v) is 13.7. The topological polar surface area (TPSA) is 92.3 Å². The standard InChI is InChI=1S/C44H47N3O5/c1-31-41(29-47-26-8-3-9-27-47)51-43(52-42(31)34-16-14-32(30-48)15-17-34)35-20-18-33(19-21-35)40-13-7-6-10-36(40)28-45-44(49)46-37-22-24-39(25-23-37)50-38-11-4-2-5-12-38/h2,4-7,10-25,31,41-43,48H,3,8-9,26-30H2,1H3,(H2,45,46,49)/t31-,41+,42+,43+/m1/s1. The van der Waals surface area contributed by atoms with Crippen LogP contribution in [0.5, 0.6) is 11.5 Å². The van der Waals surface area contributed by atoms with Crippen LogP contribution in [0.3, 0.4) is 0 Å². The molecule has 2 fully saturated rings. The van der Waals surface area contributed by atoms with Gasteiger partial charge in [0.15, 0.2) is 6.29 Å². The van der Waals surface area contributed by atoms with Gasteiger partial charge in [0.2, 0.25) is 0 Å². The van der Waals surface area contributed by atoms with E-state index in [1.807, 2.05) is 84.9 Å². The Balaban J connectivity index is 1.01. The highest BCUT2D eigenvalue weighted by Crippen LogP contribution is 2.42. The maximum Gasteiger partial charge on any atom is 0.319 e. The third-order valence-corrected chi connectivity index (χ3v) is 10.1. The minimum Gasteiger partial charge on any atom is -0.457 e. The Morgan fingerprint density at radius 3 is 2.17 bits per heavy atom. The van der Waals surface area contributed by atoms with E-state index in [2.05, 4.69) is 64.9 Å². The molecule has 3 N–H and O–H groups in total. The molecule has 7 rings (SSSR count). The van der Waals surface area contributed by atoms with Gasteiger partial charge in [0, 0.05) is 30.3 Å². The number of aliphatic hydroxyl groups is 1. The molecule has 268 valence electrons. The van der Waals surface area contributed by atoms with Gasteiger partial charge in [-0.3, -0.25) is 0 Å². The highest BCUT2D eigenvalue weighted by Gasteiger charge is 2.39. The third kappa shape index (κ3) is 8.89. The molecule has 2 saturated heterocycles. The van der Waals surface area contributed by atoms with Gasteiger partial charge < -0.3 is 34.9 Å². The van der Waals surface area contributed by atoms with Gasteiger partial charge in [-0.1, -0.05) is 104 Å². The normalized spacial score (nSPS) is 20.6. The van der Waals surface area contributed by atoms with Crippen molar-refractivity contribution in [2.45, 2.75) is 57.8 Å². The third-order valence-electron chi connectivity index (χ3n) is 10.1. The summed E-state index contributed by atoms with van der Waals surface area (Å²) in [6.45, 7) is 5.70. The molecule has 2 aliphatic rings. The first kappa shape index (κ1) is 35.4. The van der Waals surface area contributed by atoms with Crippen LogP contribution in [0.1, 0.15) is 60.8 Å². The lowest BCUT2D eigenvalue weighted by Crippen LogP contribution is -2.45. The maximum atomic E-state index is 12.9. The number of benzene rings is 5. The molecule has 8 nitrogen and oxygen atoms in total. The van der Waals surface area contributed by atoms with Crippen molar-refractivity contribution in [1.82, 2.24) is 10.2 Å². The molecule has 0 aromatic heterocycles. The molecule has 2 amide bonds. The van der Waals surface area contributed by atoms with E-state index < -0.39 is 6.29 Å². The molecule has 0 bridgehead atoms. The summed E-state index contributed by atoms with van der Waals surface area (Å²) in [7, 11) is 0. The Labute approximate surface area is 306 Å². The van der Waals surface area contributed by atoms with Crippen molar-refractivity contribution >= 4 is 11.7 Å². The number of carbonyl (C=O) groups is 1. The van der Waals surface area contributed by atoms with Crippen LogP contribution < -0.4 is 15.4 Å². The van der Waals surface area contributed by atoms with Crippen LogP contribution >= 0.6 is 0 Å². The molecule has 4 atom stereocenters. The van der Waals surface area contributed by atoms with Gasteiger partial charge in [0.25, 0.3) is 0 Å². The van der Waals surface area contributed by atoms with Crippen molar-refractivity contribution in [2.75, 3.05) is 25.0 Å². The maximum absolute atomic E-state index is 12.9. The predicted octanol–water partition coefficient (Wildman–Crippen LogP) is 9.24. The van der Waals surface area contributed by atoms with Gasteiger partial charge in [-0.25, -0.2) is 4.79 Å². The van der Waals surface area contributed by atoms with Gasteiger partial charge >= 0.3 is 6.03 Å². The number of urea groups is 1. The fourth-order valence-corrected chi connectivity index (χ4v) is 7.08. The van der Waals surface area contributed by atoms with E-state index in [0.717, 1.165) is 58.8 Å². The summed E-state index contributed by atoms with van der Waals surface area (Å²) in [5.74, 6) is 1.60. The van der Waals surface area contributed by atoms with Crippen LogP contribution in [0.2, 0.25) is 0 Å². The van der Waals surface area contributed by atoms with E-state index in [1.54, 1.807) is 0 Å². The van der Waals surface area contributed by atoms with Crippen LogP contribution in [-0.2, 0) is 22.6 Å². The van der Waals surface area contributed by atoms with Gasteiger partial charge in [0.1, 0.15) is 11.5 Å². The highest BCUT2D eigenvalue weighted by molar-refractivity contribution is 5.89. The van der Waals surface area contributed by atoms with Crippen LogP contribution in [0.4, 0.5) is 10.5 Å². The number of piperidine rings is 1. The number of hydrogen-bond acceptors (Lipinski definition) is 6. The van der Waals surface area contributed by atoms with Crippen molar-refractivity contribution in [1.29, 1.82) is 0 Å². The number of nitrogens with zero attached hydrogens (tertiary/aromatic N) is 1. The van der Waals surface area contributed by atoms with Gasteiger partial charge in [-0.2, -0.15) is 0 Å². The molecule has 0 unspecified atom stereocenters. The Hall–Kier alpha value is -4.99. The SMILES string of the molecule is C[C@@H]1[C@H](CN2CCCCC2)O[C@H](c2ccc(-c3ccccc3CNC(=O)Nc3ccc(Oc4ccccc4)cc3)cc2)O[C@@H]1c1ccc(CO)cc1. The molecule has 2 heterocycles. The first-order valence-electron chi connectivity index (χ1n) is 18.3. The molecular formula is C44H47N3O5.